The molecule has 1 unspecified atom stereocenters. The van der Waals surface area contributed by atoms with Gasteiger partial charge in [0.15, 0.2) is 0 Å². The number of carbonyl (C=O) groups is 1. The molecule has 0 spiro atoms. The van der Waals surface area contributed by atoms with E-state index in [0.29, 0.717) is 0 Å². The van der Waals surface area contributed by atoms with Crippen LogP contribution in [0.2, 0.25) is 0 Å². The molecule has 0 aliphatic rings. The number of hydrogen-bond acceptors (Lipinski definition) is 2. The third kappa shape index (κ3) is 6.97. The molecule has 1 aromatic carbocycles. The first-order valence-corrected chi connectivity index (χ1v) is 7.17. The Morgan fingerprint density at radius 1 is 1.11 bits per heavy atom. The quantitative estimate of drug-likeness (QED) is 0.707. The summed E-state index contributed by atoms with van der Waals surface area (Å²) >= 11 is 0. The molecular formula is C16H26N2O. The number of rotatable bonds is 8. The van der Waals surface area contributed by atoms with Crippen LogP contribution in [-0.4, -0.2) is 24.5 Å². The van der Waals surface area contributed by atoms with Crippen LogP contribution >= 0.6 is 0 Å². The van der Waals surface area contributed by atoms with Crippen LogP contribution in [0, 0.1) is 0 Å². The Kier molecular flexibility index (Phi) is 7.19. The Morgan fingerprint density at radius 2 is 1.79 bits per heavy atom. The summed E-state index contributed by atoms with van der Waals surface area (Å²) in [5.74, 6) is 0.0815. The first kappa shape index (κ1) is 15.7. The highest BCUT2D eigenvalue weighted by Crippen LogP contribution is 2.03. The van der Waals surface area contributed by atoms with Crippen LogP contribution in [0.1, 0.15) is 39.2 Å². The maximum absolute atomic E-state index is 11.7. The van der Waals surface area contributed by atoms with Gasteiger partial charge in [0.05, 0.1) is 6.04 Å². The van der Waals surface area contributed by atoms with Crippen LogP contribution in [-0.2, 0) is 11.2 Å². The lowest BCUT2D eigenvalue weighted by Gasteiger charge is -2.15. The molecule has 0 aliphatic heterocycles. The van der Waals surface area contributed by atoms with Crippen LogP contribution in [0.3, 0.4) is 0 Å². The average molecular weight is 262 g/mol. The second kappa shape index (κ2) is 8.70. The second-order valence-corrected chi connectivity index (χ2v) is 5.28. The van der Waals surface area contributed by atoms with Gasteiger partial charge in [-0.15, -0.1) is 0 Å². The summed E-state index contributed by atoms with van der Waals surface area (Å²) in [4.78, 5) is 11.7. The monoisotopic (exact) mass is 262 g/mol. The molecule has 2 N–H and O–H groups in total. The van der Waals surface area contributed by atoms with E-state index in [1.165, 1.54) is 5.56 Å². The predicted molar refractivity (Wildman–Crippen MR) is 80.1 cm³/mol. The highest BCUT2D eigenvalue weighted by molar-refractivity contribution is 5.81. The Hall–Kier alpha value is -1.35. The van der Waals surface area contributed by atoms with E-state index in [0.717, 1.165) is 25.8 Å². The van der Waals surface area contributed by atoms with Gasteiger partial charge in [0.25, 0.3) is 0 Å². The van der Waals surface area contributed by atoms with Gasteiger partial charge in [-0.2, -0.15) is 0 Å². The van der Waals surface area contributed by atoms with Crippen molar-refractivity contribution < 1.29 is 4.79 Å². The number of hydrogen-bond donors (Lipinski definition) is 2. The minimum Gasteiger partial charge on any atom is -0.353 e. The van der Waals surface area contributed by atoms with E-state index in [2.05, 4.69) is 34.9 Å². The normalized spacial score (nSPS) is 12.4. The topological polar surface area (TPSA) is 41.1 Å². The molecule has 3 nitrogen and oxygen atoms in total. The van der Waals surface area contributed by atoms with Gasteiger partial charge < -0.3 is 10.6 Å². The fourth-order valence-corrected chi connectivity index (χ4v) is 1.92. The van der Waals surface area contributed by atoms with Gasteiger partial charge in [-0.05, 0) is 52.1 Å². The molecule has 0 saturated heterocycles. The lowest BCUT2D eigenvalue weighted by Crippen LogP contribution is -2.44. The third-order valence-corrected chi connectivity index (χ3v) is 3.01. The smallest absolute Gasteiger partial charge is 0.237 e. The molecule has 0 aromatic heterocycles. The summed E-state index contributed by atoms with van der Waals surface area (Å²) in [6.45, 7) is 6.75. The van der Waals surface area contributed by atoms with E-state index in [1.54, 1.807) is 0 Å². The van der Waals surface area contributed by atoms with E-state index < -0.39 is 0 Å². The molecule has 1 rings (SSSR count). The largest absolute Gasteiger partial charge is 0.353 e. The molecule has 0 heterocycles. The molecular weight excluding hydrogens is 236 g/mol. The van der Waals surface area contributed by atoms with Crippen molar-refractivity contribution in [3.63, 3.8) is 0 Å². The van der Waals surface area contributed by atoms with Gasteiger partial charge in [-0.1, -0.05) is 30.3 Å². The lowest BCUT2D eigenvalue weighted by atomic mass is 10.1. The minimum atomic E-state index is -0.112. The van der Waals surface area contributed by atoms with E-state index >= 15 is 0 Å². The number of nitrogens with one attached hydrogen (secondary N) is 2. The highest BCUT2D eigenvalue weighted by atomic mass is 16.2. The van der Waals surface area contributed by atoms with Crippen LogP contribution in [0.25, 0.3) is 0 Å². The maximum Gasteiger partial charge on any atom is 0.237 e. The van der Waals surface area contributed by atoms with Gasteiger partial charge in [0.2, 0.25) is 5.91 Å². The van der Waals surface area contributed by atoms with Gasteiger partial charge in [0.1, 0.15) is 0 Å². The van der Waals surface area contributed by atoms with Crippen LogP contribution in [0.5, 0.6) is 0 Å². The van der Waals surface area contributed by atoms with Crippen molar-refractivity contribution in [3.05, 3.63) is 35.9 Å². The average Bonchev–Trinajstić information content (AvgIpc) is 2.38. The Balaban J connectivity index is 2.09. The van der Waals surface area contributed by atoms with E-state index in [1.807, 2.05) is 26.8 Å². The molecule has 0 bridgehead atoms. The lowest BCUT2D eigenvalue weighted by molar-refractivity contribution is -0.123. The van der Waals surface area contributed by atoms with Crippen molar-refractivity contribution in [1.82, 2.24) is 10.6 Å². The maximum atomic E-state index is 11.7. The summed E-state index contributed by atoms with van der Waals surface area (Å²) < 4.78 is 0. The Labute approximate surface area is 116 Å². The summed E-state index contributed by atoms with van der Waals surface area (Å²) in [5, 5.41) is 6.17. The first-order valence-electron chi connectivity index (χ1n) is 7.17. The highest BCUT2D eigenvalue weighted by Gasteiger charge is 2.11. The second-order valence-electron chi connectivity index (χ2n) is 5.28. The van der Waals surface area contributed by atoms with Crippen molar-refractivity contribution >= 4 is 5.91 Å². The van der Waals surface area contributed by atoms with E-state index in [-0.39, 0.29) is 18.0 Å². The number of unbranched alkanes of at least 4 members (excludes halogenated alkanes) is 1. The zero-order valence-electron chi connectivity index (χ0n) is 12.3. The number of benzene rings is 1. The van der Waals surface area contributed by atoms with E-state index in [4.69, 9.17) is 0 Å². The molecule has 0 radical (unpaired) electrons. The molecule has 106 valence electrons. The van der Waals surface area contributed by atoms with Crippen LogP contribution in [0.15, 0.2) is 30.3 Å². The summed E-state index contributed by atoms with van der Waals surface area (Å²) in [6, 6.07) is 10.6. The first-order chi connectivity index (χ1) is 9.09. The predicted octanol–water partition coefficient (Wildman–Crippen LogP) is 2.51. The fourth-order valence-electron chi connectivity index (χ4n) is 1.92. The Morgan fingerprint density at radius 3 is 2.42 bits per heavy atom. The number of aryl methyl sites for hydroxylation is 1. The molecule has 3 heteroatoms. The summed E-state index contributed by atoms with van der Waals surface area (Å²) in [7, 11) is 0. The van der Waals surface area contributed by atoms with Gasteiger partial charge in [-0.25, -0.2) is 0 Å². The van der Waals surface area contributed by atoms with Crippen molar-refractivity contribution in [1.29, 1.82) is 0 Å². The Bertz CT molecular complexity index is 362. The van der Waals surface area contributed by atoms with Crippen molar-refractivity contribution in [2.75, 3.05) is 6.54 Å². The third-order valence-electron chi connectivity index (χ3n) is 3.01. The van der Waals surface area contributed by atoms with Crippen molar-refractivity contribution in [2.24, 2.45) is 0 Å². The minimum absolute atomic E-state index is 0.0815. The fraction of sp³-hybridized carbons (Fsp3) is 0.562. The van der Waals surface area contributed by atoms with Gasteiger partial charge in [0, 0.05) is 6.04 Å². The standard InChI is InChI=1S/C16H26N2O/c1-13(2)18-16(19)14(3)17-12-8-7-11-15-9-5-4-6-10-15/h4-6,9-10,13-14,17H,7-8,11-12H2,1-3H3,(H,18,19). The molecule has 1 atom stereocenters. The molecule has 1 amide bonds. The molecule has 0 fully saturated rings. The summed E-state index contributed by atoms with van der Waals surface area (Å²) in [6.07, 6.45) is 3.35. The van der Waals surface area contributed by atoms with E-state index in [9.17, 15) is 4.79 Å². The zero-order valence-corrected chi connectivity index (χ0v) is 12.3. The van der Waals surface area contributed by atoms with Crippen LogP contribution in [0.4, 0.5) is 0 Å². The molecule has 0 aliphatic carbocycles. The SMILES string of the molecule is CC(C)NC(=O)C(C)NCCCCc1ccccc1. The molecule has 19 heavy (non-hydrogen) atoms. The number of carbonyl (C=O) groups excluding carboxylic acids is 1. The van der Waals surface area contributed by atoms with Crippen LogP contribution < -0.4 is 10.6 Å². The van der Waals surface area contributed by atoms with Crippen molar-refractivity contribution in [2.45, 2.75) is 52.1 Å². The van der Waals surface area contributed by atoms with Gasteiger partial charge in [-0.3, -0.25) is 4.79 Å². The zero-order chi connectivity index (χ0) is 14.1. The molecule has 0 saturated carbocycles. The van der Waals surface area contributed by atoms with Gasteiger partial charge >= 0.3 is 0 Å². The van der Waals surface area contributed by atoms with Crippen molar-refractivity contribution in [3.8, 4) is 0 Å². The molecule has 1 aromatic rings. The number of amides is 1. The summed E-state index contributed by atoms with van der Waals surface area (Å²) in [5.41, 5.74) is 1.38.